The van der Waals surface area contributed by atoms with Gasteiger partial charge in [0.15, 0.2) is 6.07 Å². The third-order valence-electron chi connectivity index (χ3n) is 1.11. The van der Waals surface area contributed by atoms with Crippen LogP contribution in [0.3, 0.4) is 0 Å². The molecule has 0 amide bonds. The first-order chi connectivity index (χ1) is 4.84. The van der Waals surface area contributed by atoms with Crippen molar-refractivity contribution in [3.8, 4) is 17.9 Å². The van der Waals surface area contributed by atoms with Crippen molar-refractivity contribution in [3.05, 3.63) is 21.9 Å². The average Bonchev–Trinajstić information content (AvgIpc) is 2.31. The molecule has 0 fully saturated rings. The molecule has 0 saturated carbocycles. The Hall–Kier alpha value is -1.25. The van der Waals surface area contributed by atoms with E-state index in [1.54, 1.807) is 17.4 Å². The third-order valence-corrected chi connectivity index (χ3v) is 1.96. The summed E-state index contributed by atoms with van der Waals surface area (Å²) in [6.07, 6.45) is 0. The summed E-state index contributed by atoms with van der Waals surface area (Å²) in [6.45, 7) is 1.99. The number of nitriles is 1. The first-order valence-electron chi connectivity index (χ1n) is 2.79. The van der Waals surface area contributed by atoms with Crippen LogP contribution in [0.5, 0.6) is 0 Å². The molecule has 10 heavy (non-hydrogen) atoms. The highest BCUT2D eigenvalue weighted by atomic mass is 32.1. The highest BCUT2D eigenvalue weighted by molar-refractivity contribution is 7.10. The largest absolute Gasteiger partial charge is 0.183 e. The maximum Gasteiger partial charge on any atom is 0.152 e. The Morgan fingerprint density at radius 1 is 1.60 bits per heavy atom. The molecule has 0 radical (unpaired) electrons. The van der Waals surface area contributed by atoms with Crippen LogP contribution in [-0.4, -0.2) is 0 Å². The van der Waals surface area contributed by atoms with Crippen LogP contribution in [-0.2, 0) is 0 Å². The monoisotopic (exact) mass is 147 g/mol. The fourth-order valence-corrected chi connectivity index (χ4v) is 1.26. The van der Waals surface area contributed by atoms with Crippen LogP contribution in [0.15, 0.2) is 11.4 Å². The summed E-state index contributed by atoms with van der Waals surface area (Å²) in [5.74, 6) is 5.10. The average molecular weight is 147 g/mol. The highest BCUT2D eigenvalue weighted by Crippen LogP contribution is 2.12. The molecule has 0 aliphatic rings. The Labute approximate surface area is 63.9 Å². The van der Waals surface area contributed by atoms with E-state index in [1.165, 1.54) is 4.88 Å². The molecule has 1 rings (SSSR count). The number of hydrogen-bond donors (Lipinski definition) is 0. The van der Waals surface area contributed by atoms with E-state index in [0.717, 1.165) is 5.56 Å². The van der Waals surface area contributed by atoms with Crippen LogP contribution in [0.4, 0.5) is 0 Å². The predicted molar refractivity (Wildman–Crippen MR) is 41.5 cm³/mol. The summed E-state index contributed by atoms with van der Waals surface area (Å²) < 4.78 is 0. The van der Waals surface area contributed by atoms with E-state index in [-0.39, 0.29) is 0 Å². The van der Waals surface area contributed by atoms with E-state index < -0.39 is 0 Å². The van der Waals surface area contributed by atoms with Gasteiger partial charge in [0.1, 0.15) is 0 Å². The van der Waals surface area contributed by atoms with Crippen molar-refractivity contribution in [3.63, 3.8) is 0 Å². The van der Waals surface area contributed by atoms with Gasteiger partial charge in [-0.25, -0.2) is 0 Å². The molecule has 0 atom stereocenters. The molecule has 0 spiro atoms. The highest BCUT2D eigenvalue weighted by Gasteiger charge is 1.91. The van der Waals surface area contributed by atoms with Gasteiger partial charge in [0.2, 0.25) is 0 Å². The summed E-state index contributed by atoms with van der Waals surface area (Å²) >= 11 is 1.64. The molecule has 0 aromatic carbocycles. The SMILES string of the molecule is Cc1sccc1C#CC#N. The number of aryl methyl sites for hydroxylation is 1. The van der Waals surface area contributed by atoms with Gasteiger partial charge in [-0.1, -0.05) is 0 Å². The lowest BCUT2D eigenvalue weighted by Gasteiger charge is -1.80. The van der Waals surface area contributed by atoms with Gasteiger partial charge in [0, 0.05) is 16.4 Å². The van der Waals surface area contributed by atoms with E-state index in [4.69, 9.17) is 5.26 Å². The zero-order valence-electron chi connectivity index (χ0n) is 5.51. The van der Waals surface area contributed by atoms with E-state index in [2.05, 4.69) is 11.8 Å². The lowest BCUT2D eigenvalue weighted by molar-refractivity contribution is 1.54. The Morgan fingerprint density at radius 2 is 2.40 bits per heavy atom. The van der Waals surface area contributed by atoms with Crippen LogP contribution in [0.2, 0.25) is 0 Å². The van der Waals surface area contributed by atoms with Crippen LogP contribution in [0.1, 0.15) is 10.4 Å². The first kappa shape index (κ1) is 6.86. The standard InChI is InChI=1S/C8H5NS/c1-7-8(3-2-5-9)4-6-10-7/h4,6H,1H3. The molecule has 1 aromatic rings. The van der Waals surface area contributed by atoms with Gasteiger partial charge in [0.05, 0.1) is 0 Å². The van der Waals surface area contributed by atoms with Gasteiger partial charge >= 0.3 is 0 Å². The fraction of sp³-hybridized carbons (Fsp3) is 0.125. The minimum absolute atomic E-state index is 0.964. The van der Waals surface area contributed by atoms with Gasteiger partial charge in [-0.05, 0) is 24.3 Å². The molecule has 48 valence electrons. The number of hydrogen-bond acceptors (Lipinski definition) is 2. The topological polar surface area (TPSA) is 23.8 Å². The van der Waals surface area contributed by atoms with Crippen molar-refractivity contribution in [1.29, 1.82) is 5.26 Å². The van der Waals surface area contributed by atoms with E-state index in [1.807, 2.05) is 18.4 Å². The maximum absolute atomic E-state index is 8.14. The molecule has 1 aromatic heterocycles. The second kappa shape index (κ2) is 3.06. The molecule has 0 bridgehead atoms. The summed E-state index contributed by atoms with van der Waals surface area (Å²) in [6, 6.07) is 3.70. The van der Waals surface area contributed by atoms with Crippen LogP contribution in [0.25, 0.3) is 0 Å². The number of rotatable bonds is 0. The lowest BCUT2D eigenvalue weighted by Crippen LogP contribution is -1.68. The zero-order chi connectivity index (χ0) is 7.40. The van der Waals surface area contributed by atoms with Crippen molar-refractivity contribution in [2.24, 2.45) is 0 Å². The van der Waals surface area contributed by atoms with Gasteiger partial charge < -0.3 is 0 Å². The molecular weight excluding hydrogens is 142 g/mol. The van der Waals surface area contributed by atoms with E-state index >= 15 is 0 Å². The van der Waals surface area contributed by atoms with E-state index in [9.17, 15) is 0 Å². The molecule has 0 N–H and O–H groups in total. The molecule has 0 saturated heterocycles. The fourth-order valence-electron chi connectivity index (χ4n) is 0.610. The summed E-state index contributed by atoms with van der Waals surface area (Å²) in [5.41, 5.74) is 0.964. The molecule has 0 aliphatic heterocycles. The molecular formula is C8H5NS. The summed E-state index contributed by atoms with van der Waals surface area (Å²) in [7, 11) is 0. The second-order valence-electron chi connectivity index (χ2n) is 1.75. The van der Waals surface area contributed by atoms with Gasteiger partial charge in [-0.15, -0.1) is 11.3 Å². The van der Waals surface area contributed by atoms with Crippen molar-refractivity contribution in [2.45, 2.75) is 6.92 Å². The molecule has 2 heteroatoms. The van der Waals surface area contributed by atoms with Gasteiger partial charge in [-0.2, -0.15) is 5.26 Å². The Kier molecular flexibility index (Phi) is 2.10. The Balaban J connectivity index is 2.97. The molecule has 1 heterocycles. The minimum Gasteiger partial charge on any atom is -0.183 e. The first-order valence-corrected chi connectivity index (χ1v) is 3.67. The van der Waals surface area contributed by atoms with Crippen molar-refractivity contribution in [2.75, 3.05) is 0 Å². The number of thiophene rings is 1. The Morgan fingerprint density at radius 3 is 2.90 bits per heavy atom. The molecule has 0 aliphatic carbocycles. The normalized spacial score (nSPS) is 7.60. The predicted octanol–water partition coefficient (Wildman–Crippen LogP) is 1.93. The smallest absolute Gasteiger partial charge is 0.152 e. The maximum atomic E-state index is 8.14. The van der Waals surface area contributed by atoms with Crippen molar-refractivity contribution < 1.29 is 0 Å². The number of nitrogens with zero attached hydrogens (tertiary/aromatic N) is 1. The minimum atomic E-state index is 0.964. The van der Waals surface area contributed by atoms with Gasteiger partial charge in [0.25, 0.3) is 0 Å². The molecule has 1 nitrogen and oxygen atoms in total. The van der Waals surface area contributed by atoms with Crippen molar-refractivity contribution in [1.82, 2.24) is 0 Å². The van der Waals surface area contributed by atoms with Crippen LogP contribution >= 0.6 is 11.3 Å². The quantitative estimate of drug-likeness (QED) is 0.514. The Bertz CT molecular complexity index is 319. The van der Waals surface area contributed by atoms with E-state index in [0.29, 0.717) is 0 Å². The van der Waals surface area contributed by atoms with Crippen LogP contribution < -0.4 is 0 Å². The van der Waals surface area contributed by atoms with Crippen molar-refractivity contribution >= 4 is 11.3 Å². The summed E-state index contributed by atoms with van der Waals surface area (Å²) in [5, 5.41) is 10.1. The van der Waals surface area contributed by atoms with Crippen LogP contribution in [0, 0.1) is 30.1 Å². The van der Waals surface area contributed by atoms with Gasteiger partial charge in [-0.3, -0.25) is 0 Å². The zero-order valence-corrected chi connectivity index (χ0v) is 6.33. The summed E-state index contributed by atoms with van der Waals surface area (Å²) in [4.78, 5) is 1.17. The third kappa shape index (κ3) is 1.37. The second-order valence-corrected chi connectivity index (χ2v) is 2.87. The molecule has 0 unspecified atom stereocenters. The lowest BCUT2D eigenvalue weighted by atomic mass is 10.3.